The number of fused-ring (bicyclic) bond motifs is 3. The monoisotopic (exact) mass is 690 g/mol. The zero-order valence-corrected chi connectivity index (χ0v) is 30.8. The van der Waals surface area contributed by atoms with E-state index in [1.165, 1.54) is 59.6 Å². The maximum atomic E-state index is 3.98. The first-order valence-corrected chi connectivity index (χ1v) is 18.8. The minimum absolute atomic E-state index is 1.01. The second-order valence-electron chi connectivity index (χ2n) is 13.5. The summed E-state index contributed by atoms with van der Waals surface area (Å²) in [6.07, 6.45) is 10.6. The summed E-state index contributed by atoms with van der Waals surface area (Å²) < 4.78 is 1.31. The first-order valence-electron chi connectivity index (χ1n) is 18.0. The highest BCUT2D eigenvalue weighted by Crippen LogP contribution is 2.48. The molecule has 8 rings (SSSR count). The van der Waals surface area contributed by atoms with Crippen molar-refractivity contribution >= 4 is 61.6 Å². The number of anilines is 5. The maximum absolute atomic E-state index is 3.98. The molecule has 3 heteroatoms. The molecule has 1 heterocycles. The standard InChI is InChI=1S/C49H42N2S/c1-5-6-23-43-35(3)18-15-25-45(43)51(39-28-30-42(36(4)32-39)41-24-14-13-17-34(41)2)40-29-31-47-44(33-40)49-46(26-16-27-48(49)52-47)50(37-19-9-7-10-20-37)38-21-11-8-12-22-38/h5-15,17-26,28-33H,1,16,27H2,2-4H3/b23-6-. The van der Waals surface area contributed by atoms with Crippen LogP contribution in [-0.2, 0) is 6.42 Å². The van der Waals surface area contributed by atoms with Gasteiger partial charge in [-0.15, -0.1) is 11.3 Å². The second kappa shape index (κ2) is 14.4. The van der Waals surface area contributed by atoms with E-state index < -0.39 is 0 Å². The molecule has 0 saturated heterocycles. The van der Waals surface area contributed by atoms with Gasteiger partial charge in [0.2, 0.25) is 0 Å². The van der Waals surface area contributed by atoms with Crippen molar-refractivity contribution in [3.05, 3.63) is 197 Å². The number of allylic oxidation sites excluding steroid dienone is 3. The van der Waals surface area contributed by atoms with Crippen molar-refractivity contribution in [2.45, 2.75) is 33.6 Å². The van der Waals surface area contributed by atoms with Crippen LogP contribution in [0.15, 0.2) is 164 Å². The Hall–Kier alpha value is -5.90. The van der Waals surface area contributed by atoms with E-state index in [0.29, 0.717) is 0 Å². The van der Waals surface area contributed by atoms with E-state index >= 15 is 0 Å². The van der Waals surface area contributed by atoms with Gasteiger partial charge in [0.1, 0.15) is 0 Å². The molecule has 0 N–H and O–H groups in total. The summed E-state index contributed by atoms with van der Waals surface area (Å²) in [4.78, 5) is 6.31. The van der Waals surface area contributed by atoms with Crippen LogP contribution in [0.1, 0.15) is 39.1 Å². The molecule has 0 radical (unpaired) electrons. The van der Waals surface area contributed by atoms with E-state index in [2.05, 4.69) is 189 Å². The van der Waals surface area contributed by atoms with Crippen LogP contribution in [0.4, 0.5) is 28.4 Å². The first-order chi connectivity index (χ1) is 25.5. The smallest absolute Gasteiger partial charge is 0.0536 e. The van der Waals surface area contributed by atoms with Crippen molar-refractivity contribution in [1.82, 2.24) is 0 Å². The Morgan fingerprint density at radius 1 is 0.596 bits per heavy atom. The van der Waals surface area contributed by atoms with E-state index in [1.54, 1.807) is 0 Å². The number of para-hydroxylation sites is 2. The lowest BCUT2D eigenvalue weighted by molar-refractivity contribution is 0.997. The van der Waals surface area contributed by atoms with Gasteiger partial charge in [-0.05, 0) is 122 Å². The predicted molar refractivity (Wildman–Crippen MR) is 227 cm³/mol. The summed E-state index contributed by atoms with van der Waals surface area (Å²) in [6, 6.07) is 50.8. The molecule has 0 spiro atoms. The van der Waals surface area contributed by atoms with E-state index in [1.807, 2.05) is 23.5 Å². The number of thiophene rings is 1. The van der Waals surface area contributed by atoms with Crippen LogP contribution in [0.2, 0.25) is 0 Å². The van der Waals surface area contributed by atoms with Crippen LogP contribution >= 0.6 is 11.3 Å². The molecule has 52 heavy (non-hydrogen) atoms. The lowest BCUT2D eigenvalue weighted by Crippen LogP contribution is -2.18. The average Bonchev–Trinajstić information content (AvgIpc) is 3.55. The number of aryl methyl sites for hydroxylation is 4. The van der Waals surface area contributed by atoms with E-state index in [-0.39, 0.29) is 0 Å². The summed E-state index contributed by atoms with van der Waals surface area (Å²) in [6.45, 7) is 10.6. The highest BCUT2D eigenvalue weighted by atomic mass is 32.1. The fraction of sp³-hybridized carbons (Fsp3) is 0.102. The quantitative estimate of drug-likeness (QED) is 0.139. The fourth-order valence-corrected chi connectivity index (χ4v) is 8.80. The molecule has 6 aromatic carbocycles. The molecule has 0 unspecified atom stereocenters. The Morgan fingerprint density at radius 3 is 1.96 bits per heavy atom. The second-order valence-corrected chi connectivity index (χ2v) is 14.6. The third kappa shape index (κ3) is 6.18. The van der Waals surface area contributed by atoms with Crippen molar-refractivity contribution in [2.24, 2.45) is 0 Å². The number of hydrogen-bond acceptors (Lipinski definition) is 3. The normalized spacial score (nSPS) is 12.5. The molecule has 0 fully saturated rings. The van der Waals surface area contributed by atoms with Gasteiger partial charge in [0.05, 0.1) is 11.4 Å². The third-order valence-electron chi connectivity index (χ3n) is 10.1. The van der Waals surface area contributed by atoms with Gasteiger partial charge in [0.25, 0.3) is 0 Å². The van der Waals surface area contributed by atoms with Crippen LogP contribution < -0.4 is 9.80 Å². The first kappa shape index (κ1) is 33.3. The zero-order valence-electron chi connectivity index (χ0n) is 30.0. The summed E-state index contributed by atoms with van der Waals surface area (Å²) in [5.74, 6) is 0. The SMILES string of the molecule is C=C/C=C\c1c(C)cccc1N(c1ccc(-c2ccccc2C)c(C)c1)c1ccc2sc3c(c2c1)C(N(c1ccccc1)c1ccccc1)=CCC3. The van der Waals surface area contributed by atoms with E-state index in [0.717, 1.165) is 41.3 Å². The van der Waals surface area contributed by atoms with Crippen molar-refractivity contribution < 1.29 is 0 Å². The third-order valence-corrected chi connectivity index (χ3v) is 11.3. The number of hydrogen-bond donors (Lipinski definition) is 0. The molecule has 0 saturated carbocycles. The molecule has 1 aliphatic carbocycles. The van der Waals surface area contributed by atoms with Crippen molar-refractivity contribution in [3.63, 3.8) is 0 Å². The van der Waals surface area contributed by atoms with E-state index in [9.17, 15) is 0 Å². The van der Waals surface area contributed by atoms with Crippen molar-refractivity contribution in [2.75, 3.05) is 9.80 Å². The van der Waals surface area contributed by atoms with Gasteiger partial charge < -0.3 is 9.80 Å². The minimum atomic E-state index is 1.01. The van der Waals surface area contributed by atoms with Crippen LogP contribution in [0, 0.1) is 20.8 Å². The Morgan fingerprint density at radius 2 is 1.25 bits per heavy atom. The van der Waals surface area contributed by atoms with Crippen molar-refractivity contribution in [1.29, 1.82) is 0 Å². The Balaban J connectivity index is 1.33. The molecule has 254 valence electrons. The van der Waals surface area contributed by atoms with Crippen LogP contribution in [0.5, 0.6) is 0 Å². The molecule has 7 aromatic rings. The topological polar surface area (TPSA) is 6.48 Å². The molecule has 0 amide bonds. The summed E-state index contributed by atoms with van der Waals surface area (Å²) in [5.41, 5.74) is 15.7. The van der Waals surface area contributed by atoms with Crippen LogP contribution in [0.3, 0.4) is 0 Å². The number of nitrogens with zero attached hydrogens (tertiary/aromatic N) is 2. The highest BCUT2D eigenvalue weighted by molar-refractivity contribution is 7.19. The zero-order chi connectivity index (χ0) is 35.6. The molecular weight excluding hydrogens is 649 g/mol. The summed E-state index contributed by atoms with van der Waals surface area (Å²) in [7, 11) is 0. The van der Waals surface area contributed by atoms with Gasteiger partial charge in [-0.2, -0.15) is 0 Å². The molecule has 0 aliphatic heterocycles. The van der Waals surface area contributed by atoms with Gasteiger partial charge in [0, 0.05) is 48.8 Å². The van der Waals surface area contributed by atoms with E-state index in [4.69, 9.17) is 0 Å². The van der Waals surface area contributed by atoms with Gasteiger partial charge >= 0.3 is 0 Å². The molecule has 1 aliphatic rings. The van der Waals surface area contributed by atoms with Crippen molar-refractivity contribution in [3.8, 4) is 11.1 Å². The lowest BCUT2D eigenvalue weighted by Gasteiger charge is -2.31. The highest BCUT2D eigenvalue weighted by Gasteiger charge is 2.27. The minimum Gasteiger partial charge on any atom is -0.310 e. The van der Waals surface area contributed by atoms with Crippen LogP contribution in [-0.4, -0.2) is 0 Å². The summed E-state index contributed by atoms with van der Waals surface area (Å²) >= 11 is 1.94. The predicted octanol–water partition coefficient (Wildman–Crippen LogP) is 14.3. The molecule has 0 atom stereocenters. The molecule has 2 nitrogen and oxygen atoms in total. The molecule has 1 aromatic heterocycles. The van der Waals surface area contributed by atoms with Gasteiger partial charge in [0.15, 0.2) is 0 Å². The fourth-order valence-electron chi connectivity index (χ4n) is 7.59. The lowest BCUT2D eigenvalue weighted by atomic mass is 9.95. The Bertz CT molecular complexity index is 2430. The Kier molecular flexibility index (Phi) is 9.20. The summed E-state index contributed by atoms with van der Waals surface area (Å²) in [5, 5.41) is 1.29. The maximum Gasteiger partial charge on any atom is 0.0536 e. The average molecular weight is 691 g/mol. The van der Waals surface area contributed by atoms with Gasteiger partial charge in [-0.3, -0.25) is 0 Å². The largest absolute Gasteiger partial charge is 0.310 e. The Labute approximate surface area is 311 Å². The number of rotatable bonds is 9. The van der Waals surface area contributed by atoms with Gasteiger partial charge in [-0.1, -0.05) is 110 Å². The molecular formula is C49H42N2S. The molecule has 0 bridgehead atoms. The van der Waals surface area contributed by atoms with Crippen LogP contribution in [0.25, 0.3) is 33.0 Å². The van der Waals surface area contributed by atoms with Gasteiger partial charge in [-0.25, -0.2) is 0 Å². The number of benzene rings is 6.